The molecule has 4 rings (SSSR count). The number of carbonyl (C=O) groups excluding carboxylic acids is 2. The maximum Gasteiger partial charge on any atom is 0.258 e. The highest BCUT2D eigenvalue weighted by Crippen LogP contribution is 2.33. The smallest absolute Gasteiger partial charge is 0.258 e. The van der Waals surface area contributed by atoms with E-state index in [9.17, 15) is 14.0 Å². The monoisotopic (exact) mass is 559 g/mol. The summed E-state index contributed by atoms with van der Waals surface area (Å²) in [4.78, 5) is 30.7. The number of halogens is 3. The van der Waals surface area contributed by atoms with Gasteiger partial charge >= 0.3 is 0 Å². The van der Waals surface area contributed by atoms with Crippen molar-refractivity contribution in [1.29, 1.82) is 0 Å². The van der Waals surface area contributed by atoms with Crippen molar-refractivity contribution in [2.75, 3.05) is 10.6 Å². The second-order valence-corrected chi connectivity index (χ2v) is 10.6. The van der Waals surface area contributed by atoms with Crippen molar-refractivity contribution in [3.63, 3.8) is 0 Å². The van der Waals surface area contributed by atoms with Gasteiger partial charge in [-0.15, -0.1) is 23.1 Å². The first-order chi connectivity index (χ1) is 17.3. The first-order valence-corrected chi connectivity index (χ1v) is 13.4. The molecular weight excluding hydrogens is 540 g/mol. The zero-order chi connectivity index (χ0) is 25.7. The van der Waals surface area contributed by atoms with Gasteiger partial charge in [-0.2, -0.15) is 0 Å². The third-order valence-electron chi connectivity index (χ3n) is 5.09. The molecule has 0 bridgehead atoms. The summed E-state index contributed by atoms with van der Waals surface area (Å²) in [5.74, 6) is -1.32. The fourth-order valence-electron chi connectivity index (χ4n) is 3.32. The van der Waals surface area contributed by atoms with Crippen LogP contribution in [0.2, 0.25) is 10.0 Å². The summed E-state index contributed by atoms with van der Waals surface area (Å²) in [6.07, 6.45) is 0.573. The Morgan fingerprint density at radius 1 is 1.06 bits per heavy atom. The lowest BCUT2D eigenvalue weighted by atomic mass is 10.2. The van der Waals surface area contributed by atoms with Crippen molar-refractivity contribution in [2.45, 2.75) is 23.5 Å². The molecule has 5 nitrogen and oxygen atoms in total. The first kappa shape index (κ1) is 26.2. The molecule has 1 atom stereocenters. The van der Waals surface area contributed by atoms with E-state index in [2.05, 4.69) is 15.6 Å². The number of amides is 2. The highest BCUT2D eigenvalue weighted by Gasteiger charge is 2.20. The third-order valence-corrected chi connectivity index (χ3v) is 7.76. The predicted molar refractivity (Wildman–Crippen MR) is 147 cm³/mol. The van der Waals surface area contributed by atoms with Gasteiger partial charge in [0.05, 0.1) is 21.5 Å². The molecule has 0 saturated carbocycles. The SMILES string of the molecule is CCC(Sc1cccc(NC(=O)c2ccccc2F)c1)C(=O)Nc1nc(-c2ccc(Cl)cc2Cl)cs1. The average molecular weight is 561 g/mol. The largest absolute Gasteiger partial charge is 0.322 e. The average Bonchev–Trinajstić information content (AvgIpc) is 3.31. The topological polar surface area (TPSA) is 71.1 Å². The number of rotatable bonds is 8. The van der Waals surface area contributed by atoms with E-state index in [1.807, 2.05) is 18.4 Å². The molecule has 0 fully saturated rings. The summed E-state index contributed by atoms with van der Waals surface area (Å²) in [5.41, 5.74) is 1.85. The van der Waals surface area contributed by atoms with E-state index in [0.717, 1.165) is 10.5 Å². The zero-order valence-corrected chi connectivity index (χ0v) is 22.1. The van der Waals surface area contributed by atoms with Crippen LogP contribution in [0.4, 0.5) is 15.2 Å². The first-order valence-electron chi connectivity index (χ1n) is 10.9. The van der Waals surface area contributed by atoms with E-state index in [-0.39, 0.29) is 11.5 Å². The normalized spacial score (nSPS) is 11.7. The standard InChI is InChI=1S/C26H20Cl2FN3O2S2/c1-2-23(25(34)32-26-31-22(14-35-26)18-11-10-15(27)12-20(18)28)36-17-7-5-6-16(13-17)30-24(33)19-8-3-4-9-21(19)29/h3-14,23H,2H2,1H3,(H,30,33)(H,31,32,34). The van der Waals surface area contributed by atoms with Gasteiger partial charge in [0.15, 0.2) is 5.13 Å². The maximum absolute atomic E-state index is 13.9. The van der Waals surface area contributed by atoms with E-state index in [1.54, 1.807) is 42.5 Å². The van der Waals surface area contributed by atoms with E-state index in [4.69, 9.17) is 23.2 Å². The van der Waals surface area contributed by atoms with Gasteiger partial charge in [0.1, 0.15) is 5.82 Å². The van der Waals surface area contributed by atoms with Crippen molar-refractivity contribution in [3.8, 4) is 11.3 Å². The van der Waals surface area contributed by atoms with Crippen LogP contribution in [0, 0.1) is 5.82 Å². The molecule has 0 aliphatic heterocycles. The summed E-state index contributed by atoms with van der Waals surface area (Å²) in [6, 6.07) is 18.0. The molecule has 0 saturated heterocycles. The van der Waals surface area contributed by atoms with Crippen molar-refractivity contribution in [3.05, 3.63) is 93.5 Å². The number of nitrogens with zero attached hydrogens (tertiary/aromatic N) is 1. The van der Waals surface area contributed by atoms with E-state index in [0.29, 0.717) is 33.0 Å². The Morgan fingerprint density at radius 2 is 1.86 bits per heavy atom. The molecule has 2 N–H and O–H groups in total. The molecule has 10 heteroatoms. The number of hydrogen-bond donors (Lipinski definition) is 2. The lowest BCUT2D eigenvalue weighted by Gasteiger charge is -2.14. The van der Waals surface area contributed by atoms with Crippen LogP contribution in [-0.4, -0.2) is 22.0 Å². The number of nitrogens with one attached hydrogen (secondary N) is 2. The number of thiazole rings is 1. The fraction of sp³-hybridized carbons (Fsp3) is 0.115. The molecule has 184 valence electrons. The highest BCUT2D eigenvalue weighted by molar-refractivity contribution is 8.00. The Balaban J connectivity index is 1.41. The Morgan fingerprint density at radius 3 is 2.61 bits per heavy atom. The molecule has 2 amide bonds. The van der Waals surface area contributed by atoms with Crippen molar-refractivity contribution in [1.82, 2.24) is 4.98 Å². The quantitative estimate of drug-likeness (QED) is 0.214. The van der Waals surface area contributed by atoms with Gasteiger partial charge in [-0.25, -0.2) is 9.37 Å². The van der Waals surface area contributed by atoms with Crippen LogP contribution in [-0.2, 0) is 4.79 Å². The number of carbonyl (C=O) groups is 2. The Bertz CT molecular complexity index is 1410. The number of hydrogen-bond acceptors (Lipinski definition) is 5. The number of thioether (sulfide) groups is 1. The van der Waals surface area contributed by atoms with Crippen LogP contribution in [0.3, 0.4) is 0 Å². The van der Waals surface area contributed by atoms with Gasteiger partial charge < -0.3 is 10.6 Å². The van der Waals surface area contributed by atoms with Crippen LogP contribution < -0.4 is 10.6 Å². The summed E-state index contributed by atoms with van der Waals surface area (Å²) in [5, 5.41) is 8.49. The molecule has 0 aliphatic carbocycles. The van der Waals surface area contributed by atoms with Crippen molar-refractivity contribution in [2.24, 2.45) is 0 Å². The minimum Gasteiger partial charge on any atom is -0.322 e. The van der Waals surface area contributed by atoms with Gasteiger partial charge in [-0.1, -0.05) is 48.3 Å². The second kappa shape index (κ2) is 11.9. The Labute approximate surface area is 226 Å². The molecule has 0 spiro atoms. The zero-order valence-electron chi connectivity index (χ0n) is 18.9. The summed E-state index contributed by atoms with van der Waals surface area (Å²) < 4.78 is 13.9. The fourth-order valence-corrected chi connectivity index (χ4v) is 5.55. The van der Waals surface area contributed by atoms with Gasteiger partial charge in [0.25, 0.3) is 5.91 Å². The van der Waals surface area contributed by atoms with Gasteiger partial charge in [-0.05, 0) is 55.0 Å². The number of benzene rings is 3. The lowest BCUT2D eigenvalue weighted by molar-refractivity contribution is -0.115. The molecule has 0 aliphatic rings. The summed E-state index contributed by atoms with van der Waals surface area (Å²) in [7, 11) is 0. The minimum absolute atomic E-state index is 0.0379. The van der Waals surface area contributed by atoms with Gasteiger partial charge in [-0.3, -0.25) is 9.59 Å². The molecule has 0 radical (unpaired) electrons. The van der Waals surface area contributed by atoms with Gasteiger partial charge in [0, 0.05) is 26.5 Å². The van der Waals surface area contributed by atoms with Crippen LogP contribution in [0.5, 0.6) is 0 Å². The minimum atomic E-state index is -0.591. The Kier molecular flexibility index (Phi) is 8.64. The second-order valence-electron chi connectivity index (χ2n) is 7.63. The van der Waals surface area contributed by atoms with E-state index in [1.165, 1.54) is 41.3 Å². The lowest BCUT2D eigenvalue weighted by Crippen LogP contribution is -2.24. The molecular formula is C26H20Cl2FN3O2S2. The van der Waals surface area contributed by atoms with Gasteiger partial charge in [0.2, 0.25) is 5.91 Å². The molecule has 1 aromatic heterocycles. The van der Waals surface area contributed by atoms with E-state index < -0.39 is 17.0 Å². The van der Waals surface area contributed by atoms with Crippen LogP contribution >= 0.6 is 46.3 Å². The Hall–Kier alpha value is -2.91. The van der Waals surface area contributed by atoms with Crippen LogP contribution in [0.1, 0.15) is 23.7 Å². The summed E-state index contributed by atoms with van der Waals surface area (Å²) >= 11 is 14.9. The molecule has 3 aromatic carbocycles. The number of anilines is 2. The molecule has 36 heavy (non-hydrogen) atoms. The van der Waals surface area contributed by atoms with E-state index >= 15 is 0 Å². The highest BCUT2D eigenvalue weighted by atomic mass is 35.5. The van der Waals surface area contributed by atoms with Crippen molar-refractivity contribution < 1.29 is 14.0 Å². The van der Waals surface area contributed by atoms with Crippen molar-refractivity contribution >= 4 is 68.9 Å². The van der Waals surface area contributed by atoms with Crippen LogP contribution in [0.25, 0.3) is 11.3 Å². The van der Waals surface area contributed by atoms with Crippen LogP contribution in [0.15, 0.2) is 77.0 Å². The maximum atomic E-state index is 13.9. The molecule has 1 heterocycles. The molecule has 1 unspecified atom stereocenters. The number of aromatic nitrogens is 1. The predicted octanol–water partition coefficient (Wildman–Crippen LogP) is 8.02. The molecule has 4 aromatic rings. The summed E-state index contributed by atoms with van der Waals surface area (Å²) in [6.45, 7) is 1.92. The third kappa shape index (κ3) is 6.44.